The molecular weight excluding hydrogens is 277 g/mol. The van der Waals surface area contributed by atoms with Gasteiger partial charge < -0.3 is 0 Å². The maximum atomic E-state index is 10.7. The molecule has 0 atom stereocenters. The van der Waals surface area contributed by atoms with Crippen LogP contribution >= 0.6 is 27.5 Å². The minimum absolute atomic E-state index is 0.417. The second kappa shape index (κ2) is 3.91. The molecule has 2 aromatic rings. The average molecular weight is 285 g/mol. The van der Waals surface area contributed by atoms with E-state index < -0.39 is 0 Å². The van der Waals surface area contributed by atoms with Crippen molar-refractivity contribution in [3.05, 3.63) is 39.0 Å². The number of aryl methyl sites for hydroxylation is 1. The molecule has 0 fully saturated rings. The lowest BCUT2D eigenvalue weighted by Gasteiger charge is -2.05. The summed E-state index contributed by atoms with van der Waals surface area (Å²) in [5, 5.41) is 1.24. The van der Waals surface area contributed by atoms with E-state index in [0.29, 0.717) is 16.9 Å². The van der Waals surface area contributed by atoms with Crippen molar-refractivity contribution in [3.63, 3.8) is 0 Å². The van der Waals surface area contributed by atoms with Crippen LogP contribution in [0.3, 0.4) is 0 Å². The number of rotatable bonds is 1. The summed E-state index contributed by atoms with van der Waals surface area (Å²) in [4.78, 5) is 14.9. The summed E-state index contributed by atoms with van der Waals surface area (Å²) < 4.78 is 0.916. The zero-order chi connectivity index (χ0) is 11.0. The first-order valence-electron chi connectivity index (χ1n) is 4.33. The molecule has 0 bridgehead atoms. The summed E-state index contributed by atoms with van der Waals surface area (Å²) in [5.74, 6) is 0. The van der Waals surface area contributed by atoms with Gasteiger partial charge in [-0.15, -0.1) is 0 Å². The third kappa shape index (κ3) is 1.66. The van der Waals surface area contributed by atoms with Gasteiger partial charge in [0.05, 0.1) is 16.1 Å². The van der Waals surface area contributed by atoms with Gasteiger partial charge in [-0.1, -0.05) is 23.7 Å². The third-order valence-corrected chi connectivity index (χ3v) is 3.68. The third-order valence-electron chi connectivity index (χ3n) is 2.26. The summed E-state index contributed by atoms with van der Waals surface area (Å²) >= 11 is 9.53. The Morgan fingerprint density at radius 2 is 2.20 bits per heavy atom. The molecule has 1 aromatic carbocycles. The van der Waals surface area contributed by atoms with Crippen molar-refractivity contribution in [2.75, 3.05) is 0 Å². The Balaban J connectivity index is 2.91. The Morgan fingerprint density at radius 1 is 1.47 bits per heavy atom. The monoisotopic (exact) mass is 283 g/mol. The number of pyridine rings is 1. The van der Waals surface area contributed by atoms with Crippen molar-refractivity contribution < 1.29 is 4.79 Å². The van der Waals surface area contributed by atoms with Crippen molar-refractivity contribution in [1.82, 2.24) is 4.98 Å². The summed E-state index contributed by atoms with van der Waals surface area (Å²) in [7, 11) is 0. The van der Waals surface area contributed by atoms with Gasteiger partial charge in [0.25, 0.3) is 0 Å². The van der Waals surface area contributed by atoms with Crippen LogP contribution < -0.4 is 0 Å². The minimum atomic E-state index is 0.417. The molecule has 0 saturated heterocycles. The first kappa shape index (κ1) is 10.6. The second-order valence-electron chi connectivity index (χ2n) is 3.24. The van der Waals surface area contributed by atoms with Gasteiger partial charge >= 0.3 is 0 Å². The molecule has 0 aliphatic carbocycles. The molecule has 0 aliphatic rings. The minimum Gasteiger partial charge on any atom is -0.298 e. The molecule has 0 N–H and O–H groups in total. The number of benzene rings is 1. The molecule has 0 aliphatic heterocycles. The fourth-order valence-electron chi connectivity index (χ4n) is 1.40. The lowest BCUT2D eigenvalue weighted by molar-refractivity contribution is 0.112. The number of carbonyl (C=O) groups excluding carboxylic acids is 1. The van der Waals surface area contributed by atoms with E-state index in [1.165, 1.54) is 6.20 Å². The molecule has 0 radical (unpaired) electrons. The van der Waals surface area contributed by atoms with E-state index in [1.807, 2.05) is 19.1 Å². The van der Waals surface area contributed by atoms with Crippen molar-refractivity contribution in [1.29, 1.82) is 0 Å². The highest BCUT2D eigenvalue weighted by atomic mass is 79.9. The molecule has 0 saturated carbocycles. The first-order chi connectivity index (χ1) is 7.15. The number of carbonyl (C=O) groups is 1. The van der Waals surface area contributed by atoms with Crippen LogP contribution in [0.15, 0.2) is 22.8 Å². The smallest absolute Gasteiger partial charge is 0.153 e. The van der Waals surface area contributed by atoms with Crippen LogP contribution in [0.2, 0.25) is 5.02 Å². The number of hydrogen-bond acceptors (Lipinski definition) is 2. The van der Waals surface area contributed by atoms with Crippen LogP contribution in [0.5, 0.6) is 0 Å². The van der Waals surface area contributed by atoms with Crippen LogP contribution in [-0.4, -0.2) is 11.3 Å². The number of aldehydes is 1. The predicted octanol–water partition coefficient (Wildman–Crippen LogP) is 3.77. The van der Waals surface area contributed by atoms with E-state index in [2.05, 4.69) is 20.9 Å². The topological polar surface area (TPSA) is 30.0 Å². The fraction of sp³-hybridized carbons (Fsp3) is 0.0909. The van der Waals surface area contributed by atoms with E-state index in [0.717, 1.165) is 20.9 Å². The van der Waals surface area contributed by atoms with Gasteiger partial charge in [0.15, 0.2) is 6.29 Å². The second-order valence-corrected chi connectivity index (χ2v) is 4.41. The Bertz CT molecular complexity index is 554. The molecule has 2 rings (SSSR count). The lowest BCUT2D eigenvalue weighted by Crippen LogP contribution is -1.90. The van der Waals surface area contributed by atoms with E-state index in [4.69, 9.17) is 11.6 Å². The molecule has 15 heavy (non-hydrogen) atoms. The quantitative estimate of drug-likeness (QED) is 0.746. The number of nitrogens with zero attached hydrogens (tertiary/aromatic N) is 1. The van der Waals surface area contributed by atoms with Crippen LogP contribution in [0.4, 0.5) is 0 Å². The number of hydrogen-bond donors (Lipinski definition) is 0. The Kier molecular flexibility index (Phi) is 2.76. The molecule has 0 spiro atoms. The zero-order valence-electron chi connectivity index (χ0n) is 7.92. The summed E-state index contributed by atoms with van der Waals surface area (Å²) in [6.45, 7) is 1.98. The first-order valence-corrected chi connectivity index (χ1v) is 5.50. The van der Waals surface area contributed by atoms with Gasteiger partial charge in [0.1, 0.15) is 0 Å². The fourth-order valence-corrected chi connectivity index (χ4v) is 2.09. The number of fused-ring (bicyclic) bond motifs is 1. The van der Waals surface area contributed by atoms with Gasteiger partial charge in [-0.2, -0.15) is 0 Å². The average Bonchev–Trinajstić information content (AvgIpc) is 2.24. The summed E-state index contributed by atoms with van der Waals surface area (Å²) in [5.41, 5.74) is 2.29. The number of aromatic nitrogens is 1. The van der Waals surface area contributed by atoms with Gasteiger partial charge in [-0.25, -0.2) is 0 Å². The highest BCUT2D eigenvalue weighted by molar-refractivity contribution is 9.10. The van der Waals surface area contributed by atoms with Crippen LogP contribution in [0.25, 0.3) is 10.9 Å². The number of halogens is 2. The van der Waals surface area contributed by atoms with Crippen molar-refractivity contribution in [2.24, 2.45) is 0 Å². The Morgan fingerprint density at radius 3 is 2.87 bits per heavy atom. The Hall–Kier alpha value is -0.930. The van der Waals surface area contributed by atoms with Crippen molar-refractivity contribution >= 4 is 44.7 Å². The van der Waals surface area contributed by atoms with Gasteiger partial charge in [-0.3, -0.25) is 9.78 Å². The maximum Gasteiger partial charge on any atom is 0.153 e. The SMILES string of the molecule is Cc1ccc2c(Cl)c(C=O)cnc2c1Br. The van der Waals surface area contributed by atoms with Crippen LogP contribution in [0.1, 0.15) is 15.9 Å². The normalized spacial score (nSPS) is 10.6. The highest BCUT2D eigenvalue weighted by Crippen LogP contribution is 2.31. The van der Waals surface area contributed by atoms with Crippen LogP contribution in [-0.2, 0) is 0 Å². The molecule has 2 nitrogen and oxygen atoms in total. The lowest BCUT2D eigenvalue weighted by atomic mass is 10.1. The van der Waals surface area contributed by atoms with Gasteiger partial charge in [0, 0.05) is 16.1 Å². The molecule has 1 aromatic heterocycles. The van der Waals surface area contributed by atoms with Crippen molar-refractivity contribution in [3.8, 4) is 0 Å². The Labute approximate surface area is 100 Å². The van der Waals surface area contributed by atoms with E-state index in [9.17, 15) is 4.79 Å². The molecule has 76 valence electrons. The molecule has 0 unspecified atom stereocenters. The highest BCUT2D eigenvalue weighted by Gasteiger charge is 2.09. The molecule has 1 heterocycles. The van der Waals surface area contributed by atoms with Crippen molar-refractivity contribution in [2.45, 2.75) is 6.92 Å². The standard InChI is InChI=1S/C11H7BrClNO/c1-6-2-3-8-10(13)7(5-15)4-14-11(8)9(6)12/h2-5H,1H3. The molecular formula is C11H7BrClNO. The van der Waals surface area contributed by atoms with Crippen LogP contribution in [0, 0.1) is 6.92 Å². The summed E-state index contributed by atoms with van der Waals surface area (Å²) in [6.07, 6.45) is 2.20. The van der Waals surface area contributed by atoms with Gasteiger partial charge in [-0.05, 0) is 28.4 Å². The van der Waals surface area contributed by atoms with E-state index >= 15 is 0 Å². The zero-order valence-corrected chi connectivity index (χ0v) is 10.3. The van der Waals surface area contributed by atoms with E-state index in [1.54, 1.807) is 0 Å². The molecule has 4 heteroatoms. The maximum absolute atomic E-state index is 10.7. The van der Waals surface area contributed by atoms with Gasteiger partial charge in [0.2, 0.25) is 0 Å². The van der Waals surface area contributed by atoms with E-state index in [-0.39, 0.29) is 0 Å². The molecule has 0 amide bonds. The summed E-state index contributed by atoms with van der Waals surface area (Å²) in [6, 6.07) is 3.81. The largest absolute Gasteiger partial charge is 0.298 e. The predicted molar refractivity (Wildman–Crippen MR) is 64.6 cm³/mol.